The van der Waals surface area contributed by atoms with Crippen LogP contribution in [-0.4, -0.2) is 28.7 Å². The van der Waals surface area contributed by atoms with Crippen molar-refractivity contribution in [1.29, 1.82) is 0 Å². The first-order valence-electron chi connectivity index (χ1n) is 9.67. The van der Waals surface area contributed by atoms with E-state index in [4.69, 9.17) is 0 Å². The van der Waals surface area contributed by atoms with Crippen LogP contribution in [0.1, 0.15) is 22.3 Å². The second-order valence-corrected chi connectivity index (χ2v) is 8.43. The Balaban J connectivity index is 1.68. The predicted octanol–water partition coefficient (Wildman–Crippen LogP) is 4.40. The van der Waals surface area contributed by atoms with Gasteiger partial charge in [-0.3, -0.25) is 14.4 Å². The number of carbonyl (C=O) groups is 3. The molecular weight excluding hydrogens is 510 g/mol. The number of carbonyl (C=O) groups excluding carboxylic acids is 3. The van der Waals surface area contributed by atoms with Crippen molar-refractivity contribution in [3.05, 3.63) is 99.4 Å². The summed E-state index contributed by atoms with van der Waals surface area (Å²) in [5, 5.41) is 0. The lowest BCUT2D eigenvalue weighted by atomic mass is 10.1. The van der Waals surface area contributed by atoms with Crippen LogP contribution in [0.4, 0.5) is 10.1 Å². The quantitative estimate of drug-likeness (QED) is 0.365. The molecule has 0 N–H and O–H groups in total. The minimum atomic E-state index is -0.940. The zero-order valence-electron chi connectivity index (χ0n) is 16.4. The van der Waals surface area contributed by atoms with Gasteiger partial charge in [-0.25, -0.2) is 9.29 Å². The summed E-state index contributed by atoms with van der Waals surface area (Å²) in [6.45, 7) is 0.154. The van der Waals surface area contributed by atoms with Gasteiger partial charge >= 0.3 is 0 Å². The van der Waals surface area contributed by atoms with Crippen molar-refractivity contribution >= 4 is 46.0 Å². The third-order valence-corrected chi connectivity index (χ3v) is 5.85. The van der Waals surface area contributed by atoms with Crippen molar-refractivity contribution in [3.8, 4) is 0 Å². The summed E-state index contributed by atoms with van der Waals surface area (Å²) in [5.74, 6) is -1.69. The topological polar surface area (TPSA) is 57.7 Å². The van der Waals surface area contributed by atoms with Crippen molar-refractivity contribution in [3.63, 3.8) is 0 Å². The minimum absolute atomic E-state index is 0.107. The summed E-state index contributed by atoms with van der Waals surface area (Å²) in [6.07, 6.45) is -0.107. The molecule has 1 unspecified atom stereocenters. The molecule has 5 nitrogen and oxygen atoms in total. The third-order valence-electron chi connectivity index (χ3n) is 5.13. The molecule has 1 atom stereocenters. The monoisotopic (exact) mass is 528 g/mol. The first-order valence-corrected chi connectivity index (χ1v) is 10.7. The van der Waals surface area contributed by atoms with E-state index < -0.39 is 23.7 Å². The van der Waals surface area contributed by atoms with E-state index in [2.05, 4.69) is 22.6 Å². The van der Waals surface area contributed by atoms with Gasteiger partial charge in [-0.2, -0.15) is 0 Å². The summed E-state index contributed by atoms with van der Waals surface area (Å²) in [7, 11) is 0. The Bertz CT molecular complexity index is 1120. The van der Waals surface area contributed by atoms with Crippen LogP contribution >= 0.6 is 22.6 Å². The molecule has 31 heavy (non-hydrogen) atoms. The first kappa shape index (κ1) is 21.2. The molecule has 3 aromatic rings. The molecule has 0 aromatic heterocycles. The maximum absolute atomic E-state index is 13.3. The van der Waals surface area contributed by atoms with Crippen LogP contribution in [0.5, 0.6) is 0 Å². The smallest absolute Gasteiger partial charge is 0.257 e. The average molecular weight is 528 g/mol. The number of amides is 3. The van der Waals surface area contributed by atoms with Gasteiger partial charge in [0, 0.05) is 15.7 Å². The summed E-state index contributed by atoms with van der Waals surface area (Å²) in [5.41, 5.74) is 1.56. The number of nitrogens with zero attached hydrogens (tertiary/aromatic N) is 2. The Kier molecular flexibility index (Phi) is 6.13. The molecule has 1 saturated heterocycles. The van der Waals surface area contributed by atoms with E-state index in [0.29, 0.717) is 5.69 Å². The third kappa shape index (κ3) is 4.51. The highest BCUT2D eigenvalue weighted by Gasteiger charge is 2.44. The number of halogens is 2. The van der Waals surface area contributed by atoms with Crippen molar-refractivity contribution < 1.29 is 18.8 Å². The second-order valence-electron chi connectivity index (χ2n) is 7.19. The number of hydrogen-bond acceptors (Lipinski definition) is 3. The maximum Gasteiger partial charge on any atom is 0.257 e. The minimum Gasteiger partial charge on any atom is -0.322 e. The van der Waals surface area contributed by atoms with Crippen LogP contribution in [0, 0.1) is 9.39 Å². The Hall–Kier alpha value is -3.07. The normalized spacial score (nSPS) is 15.9. The molecule has 1 aliphatic rings. The van der Waals surface area contributed by atoms with E-state index >= 15 is 0 Å². The highest BCUT2D eigenvalue weighted by molar-refractivity contribution is 14.1. The van der Waals surface area contributed by atoms with Gasteiger partial charge in [0.1, 0.15) is 11.9 Å². The second kappa shape index (κ2) is 8.97. The van der Waals surface area contributed by atoms with Crippen LogP contribution in [0.15, 0.2) is 78.9 Å². The van der Waals surface area contributed by atoms with Crippen molar-refractivity contribution in [2.45, 2.75) is 19.0 Å². The van der Waals surface area contributed by atoms with Crippen molar-refractivity contribution in [1.82, 2.24) is 4.90 Å². The molecule has 0 aliphatic carbocycles. The van der Waals surface area contributed by atoms with Gasteiger partial charge in [-0.15, -0.1) is 0 Å². The van der Waals surface area contributed by atoms with Gasteiger partial charge in [0.05, 0.1) is 12.1 Å². The van der Waals surface area contributed by atoms with Gasteiger partial charge in [0.2, 0.25) is 5.91 Å². The van der Waals surface area contributed by atoms with E-state index in [1.54, 1.807) is 12.1 Å². The lowest BCUT2D eigenvalue weighted by Gasteiger charge is -2.28. The molecule has 0 spiro atoms. The zero-order chi connectivity index (χ0) is 22.0. The standard InChI is InChI=1S/C24H18FIN2O3/c25-18-8-6-17(7-9-18)23(30)27(15-16-4-2-1-3-5-16)21-14-22(29)28(24(21)31)20-12-10-19(26)11-13-20/h1-13,21H,14-15H2. The number of rotatable bonds is 5. The van der Waals surface area contributed by atoms with Crippen LogP contribution < -0.4 is 4.90 Å². The van der Waals surface area contributed by atoms with Crippen LogP contribution in [0.2, 0.25) is 0 Å². The zero-order valence-corrected chi connectivity index (χ0v) is 18.5. The van der Waals surface area contributed by atoms with Gasteiger partial charge in [0.15, 0.2) is 0 Å². The lowest BCUT2D eigenvalue weighted by Crippen LogP contribution is -2.45. The maximum atomic E-state index is 13.3. The van der Waals surface area contributed by atoms with Crippen molar-refractivity contribution in [2.75, 3.05) is 4.90 Å². The van der Waals surface area contributed by atoms with E-state index in [-0.39, 0.29) is 24.4 Å². The summed E-state index contributed by atoms with van der Waals surface area (Å²) >= 11 is 2.15. The fourth-order valence-electron chi connectivity index (χ4n) is 3.58. The summed E-state index contributed by atoms with van der Waals surface area (Å²) in [4.78, 5) is 41.9. The fraction of sp³-hybridized carbons (Fsp3) is 0.125. The Morgan fingerprint density at radius 1 is 0.968 bits per heavy atom. The number of hydrogen-bond donors (Lipinski definition) is 0. The molecule has 0 bridgehead atoms. The fourth-order valence-corrected chi connectivity index (χ4v) is 3.94. The average Bonchev–Trinajstić information content (AvgIpc) is 3.07. The molecule has 3 aromatic carbocycles. The highest BCUT2D eigenvalue weighted by atomic mass is 127. The lowest BCUT2D eigenvalue weighted by molar-refractivity contribution is -0.122. The van der Waals surface area contributed by atoms with E-state index in [9.17, 15) is 18.8 Å². The number of anilines is 1. The molecule has 156 valence electrons. The molecule has 0 saturated carbocycles. The molecule has 3 amide bonds. The summed E-state index contributed by atoms with van der Waals surface area (Å²) in [6, 6.07) is 20.5. The molecule has 0 radical (unpaired) electrons. The Morgan fingerprint density at radius 3 is 2.26 bits per heavy atom. The van der Waals surface area contributed by atoms with Gasteiger partial charge in [-0.05, 0) is 76.7 Å². The molecule has 1 fully saturated rings. The largest absolute Gasteiger partial charge is 0.322 e. The highest BCUT2D eigenvalue weighted by Crippen LogP contribution is 2.28. The van der Waals surface area contributed by atoms with Gasteiger partial charge in [-0.1, -0.05) is 30.3 Å². The molecule has 7 heteroatoms. The molecule has 1 aliphatic heterocycles. The Morgan fingerprint density at radius 2 is 1.61 bits per heavy atom. The molecule has 1 heterocycles. The van der Waals surface area contributed by atoms with Gasteiger partial charge in [0.25, 0.3) is 11.8 Å². The van der Waals surface area contributed by atoms with E-state index in [1.165, 1.54) is 29.2 Å². The molecule has 4 rings (SSSR count). The van der Waals surface area contributed by atoms with Crippen LogP contribution in [0.25, 0.3) is 0 Å². The summed E-state index contributed by atoms with van der Waals surface area (Å²) < 4.78 is 14.3. The van der Waals surface area contributed by atoms with Gasteiger partial charge < -0.3 is 4.90 Å². The van der Waals surface area contributed by atoms with Crippen LogP contribution in [0.3, 0.4) is 0 Å². The number of benzene rings is 3. The van der Waals surface area contributed by atoms with E-state index in [0.717, 1.165) is 14.0 Å². The predicted molar refractivity (Wildman–Crippen MR) is 123 cm³/mol. The first-order chi connectivity index (χ1) is 14.9. The SMILES string of the molecule is O=C1CC(N(Cc2ccccc2)C(=O)c2ccc(F)cc2)C(=O)N1c1ccc(I)cc1. The van der Waals surface area contributed by atoms with Crippen LogP contribution in [-0.2, 0) is 16.1 Å². The molecular formula is C24H18FIN2O3. The Labute approximate surface area is 192 Å². The van der Waals surface area contributed by atoms with E-state index in [1.807, 2.05) is 42.5 Å². The van der Waals surface area contributed by atoms with Crippen molar-refractivity contribution in [2.24, 2.45) is 0 Å². The number of imide groups is 1.